The van der Waals surface area contributed by atoms with Crippen molar-refractivity contribution in [2.24, 2.45) is 0 Å². The molecular formula is C9H19NOS. The van der Waals surface area contributed by atoms with E-state index < -0.39 is 0 Å². The lowest BCUT2D eigenvalue weighted by Crippen LogP contribution is -2.38. The van der Waals surface area contributed by atoms with Gasteiger partial charge in [0.05, 0.1) is 6.10 Å². The number of aliphatic hydroxyl groups is 1. The highest BCUT2D eigenvalue weighted by atomic mass is 32.2. The van der Waals surface area contributed by atoms with Gasteiger partial charge in [0.1, 0.15) is 0 Å². The molecule has 0 spiro atoms. The van der Waals surface area contributed by atoms with E-state index in [0.29, 0.717) is 6.04 Å². The average Bonchev–Trinajstić information content (AvgIpc) is 2.16. The van der Waals surface area contributed by atoms with Crippen LogP contribution in [0.4, 0.5) is 0 Å². The van der Waals surface area contributed by atoms with E-state index in [-0.39, 0.29) is 6.10 Å². The van der Waals surface area contributed by atoms with Crippen molar-refractivity contribution in [1.29, 1.82) is 0 Å². The van der Waals surface area contributed by atoms with Crippen LogP contribution < -0.4 is 0 Å². The molecule has 2 atom stereocenters. The van der Waals surface area contributed by atoms with Crippen LogP contribution in [0.2, 0.25) is 0 Å². The number of hydrogen-bond donors (Lipinski definition) is 1. The van der Waals surface area contributed by atoms with Gasteiger partial charge in [-0.05, 0) is 26.0 Å². The third kappa shape index (κ3) is 3.33. The van der Waals surface area contributed by atoms with Crippen molar-refractivity contribution in [3.8, 4) is 0 Å². The Morgan fingerprint density at radius 1 is 1.58 bits per heavy atom. The number of nitrogens with zero attached hydrogens (tertiary/aromatic N) is 1. The Labute approximate surface area is 79.3 Å². The van der Waals surface area contributed by atoms with Gasteiger partial charge in [-0.1, -0.05) is 0 Å². The molecule has 72 valence electrons. The largest absolute Gasteiger partial charge is 0.392 e. The maximum Gasteiger partial charge on any atom is 0.0639 e. The van der Waals surface area contributed by atoms with Crippen molar-refractivity contribution in [3.63, 3.8) is 0 Å². The van der Waals surface area contributed by atoms with Crippen molar-refractivity contribution in [3.05, 3.63) is 0 Å². The van der Waals surface area contributed by atoms with Crippen molar-refractivity contribution in [1.82, 2.24) is 4.90 Å². The minimum Gasteiger partial charge on any atom is -0.392 e. The maximum atomic E-state index is 9.27. The molecule has 0 amide bonds. The molecule has 0 bridgehead atoms. The van der Waals surface area contributed by atoms with Gasteiger partial charge in [-0.2, -0.15) is 11.8 Å². The first kappa shape index (κ1) is 10.4. The summed E-state index contributed by atoms with van der Waals surface area (Å²) in [5.74, 6) is 2.49. The van der Waals surface area contributed by atoms with Crippen LogP contribution in [-0.2, 0) is 0 Å². The third-order valence-electron chi connectivity index (χ3n) is 2.32. The molecule has 0 aromatic rings. The van der Waals surface area contributed by atoms with Gasteiger partial charge < -0.3 is 5.11 Å². The Balaban J connectivity index is 2.36. The summed E-state index contributed by atoms with van der Waals surface area (Å²) in [6, 6.07) is 0.648. The zero-order valence-electron chi connectivity index (χ0n) is 7.99. The average molecular weight is 189 g/mol. The highest BCUT2D eigenvalue weighted by Crippen LogP contribution is 2.15. The van der Waals surface area contributed by atoms with Gasteiger partial charge in [0, 0.05) is 24.9 Å². The van der Waals surface area contributed by atoms with E-state index in [9.17, 15) is 5.11 Å². The van der Waals surface area contributed by atoms with Crippen LogP contribution in [0.15, 0.2) is 0 Å². The molecule has 3 heteroatoms. The smallest absolute Gasteiger partial charge is 0.0639 e. The Morgan fingerprint density at radius 2 is 2.33 bits per heavy atom. The monoisotopic (exact) mass is 189 g/mol. The zero-order chi connectivity index (χ0) is 8.97. The molecule has 12 heavy (non-hydrogen) atoms. The normalized spacial score (nSPS) is 29.8. The van der Waals surface area contributed by atoms with Crippen LogP contribution in [-0.4, -0.2) is 46.7 Å². The third-order valence-corrected chi connectivity index (χ3v) is 3.32. The summed E-state index contributed by atoms with van der Waals surface area (Å²) in [6.45, 7) is 6.09. The van der Waals surface area contributed by atoms with Gasteiger partial charge in [-0.15, -0.1) is 0 Å². The van der Waals surface area contributed by atoms with Crippen LogP contribution in [0.3, 0.4) is 0 Å². The highest BCUT2D eigenvalue weighted by molar-refractivity contribution is 7.99. The van der Waals surface area contributed by atoms with Crippen LogP contribution in [0.1, 0.15) is 20.3 Å². The van der Waals surface area contributed by atoms with Crippen LogP contribution in [0.25, 0.3) is 0 Å². The summed E-state index contributed by atoms with van der Waals surface area (Å²) >= 11 is 2.03. The molecular weight excluding hydrogens is 170 g/mol. The second-order valence-corrected chi connectivity index (χ2v) is 4.82. The molecule has 1 aliphatic heterocycles. The lowest BCUT2D eigenvalue weighted by atomic mass is 10.2. The lowest BCUT2D eigenvalue weighted by Gasteiger charge is -2.27. The van der Waals surface area contributed by atoms with E-state index in [0.717, 1.165) is 13.1 Å². The standard InChI is InChI=1S/C9H19NOS/c1-8-3-5-12-6-4-10(8)7-9(2)11/h8-9,11H,3-7H2,1-2H3. The number of rotatable bonds is 2. The summed E-state index contributed by atoms with van der Waals surface area (Å²) in [6.07, 6.45) is 1.08. The van der Waals surface area contributed by atoms with Gasteiger partial charge >= 0.3 is 0 Å². The van der Waals surface area contributed by atoms with Gasteiger partial charge in [-0.3, -0.25) is 4.90 Å². The molecule has 2 unspecified atom stereocenters. The fourth-order valence-electron chi connectivity index (χ4n) is 1.55. The minimum atomic E-state index is -0.185. The molecule has 1 saturated heterocycles. The van der Waals surface area contributed by atoms with E-state index in [4.69, 9.17) is 0 Å². The zero-order valence-corrected chi connectivity index (χ0v) is 8.81. The van der Waals surface area contributed by atoms with Crippen LogP contribution in [0, 0.1) is 0 Å². The van der Waals surface area contributed by atoms with Gasteiger partial charge in [-0.25, -0.2) is 0 Å². The van der Waals surface area contributed by atoms with Crippen LogP contribution in [0.5, 0.6) is 0 Å². The molecule has 0 aliphatic carbocycles. The minimum absolute atomic E-state index is 0.185. The second kappa shape index (κ2) is 5.10. The highest BCUT2D eigenvalue weighted by Gasteiger charge is 2.17. The van der Waals surface area contributed by atoms with E-state index in [2.05, 4.69) is 11.8 Å². The molecule has 1 heterocycles. The Bertz CT molecular complexity index is 130. The Hall–Kier alpha value is 0.270. The summed E-state index contributed by atoms with van der Waals surface area (Å²) in [5, 5.41) is 9.27. The van der Waals surface area contributed by atoms with Crippen molar-refractivity contribution < 1.29 is 5.11 Å². The van der Waals surface area contributed by atoms with E-state index in [1.165, 1.54) is 17.9 Å². The Kier molecular flexibility index (Phi) is 4.40. The van der Waals surface area contributed by atoms with Gasteiger partial charge in [0.2, 0.25) is 0 Å². The van der Waals surface area contributed by atoms with Gasteiger partial charge in [0.25, 0.3) is 0 Å². The van der Waals surface area contributed by atoms with Crippen molar-refractivity contribution in [2.75, 3.05) is 24.6 Å². The summed E-state index contributed by atoms with van der Waals surface area (Å²) in [4.78, 5) is 2.39. The molecule has 1 rings (SSSR count). The molecule has 1 aliphatic rings. The first-order valence-corrected chi connectivity index (χ1v) is 5.85. The SMILES string of the molecule is CC(O)CN1CCSCCC1C. The quantitative estimate of drug-likeness (QED) is 0.706. The summed E-state index contributed by atoms with van der Waals surface area (Å²) in [5.41, 5.74) is 0. The molecule has 2 nitrogen and oxygen atoms in total. The number of hydrogen-bond acceptors (Lipinski definition) is 3. The van der Waals surface area contributed by atoms with Gasteiger partial charge in [0.15, 0.2) is 0 Å². The van der Waals surface area contributed by atoms with Crippen molar-refractivity contribution in [2.45, 2.75) is 32.4 Å². The first-order chi connectivity index (χ1) is 5.70. The maximum absolute atomic E-state index is 9.27. The number of thioether (sulfide) groups is 1. The molecule has 0 aromatic carbocycles. The number of aliphatic hydroxyl groups excluding tert-OH is 1. The first-order valence-electron chi connectivity index (χ1n) is 4.70. The predicted octanol–water partition coefficient (Wildman–Crippen LogP) is 1.19. The fourth-order valence-corrected chi connectivity index (χ4v) is 2.63. The second-order valence-electron chi connectivity index (χ2n) is 3.59. The van der Waals surface area contributed by atoms with Crippen molar-refractivity contribution >= 4 is 11.8 Å². The Morgan fingerprint density at radius 3 is 3.00 bits per heavy atom. The van der Waals surface area contributed by atoms with E-state index >= 15 is 0 Å². The fraction of sp³-hybridized carbons (Fsp3) is 1.00. The molecule has 1 N–H and O–H groups in total. The summed E-state index contributed by atoms with van der Waals surface area (Å²) < 4.78 is 0. The molecule has 0 radical (unpaired) electrons. The molecule has 0 saturated carbocycles. The summed E-state index contributed by atoms with van der Waals surface area (Å²) in [7, 11) is 0. The predicted molar refractivity (Wildman–Crippen MR) is 54.7 cm³/mol. The van der Waals surface area contributed by atoms with E-state index in [1.54, 1.807) is 0 Å². The van der Waals surface area contributed by atoms with E-state index in [1.807, 2.05) is 18.7 Å². The lowest BCUT2D eigenvalue weighted by molar-refractivity contribution is 0.108. The molecule has 1 fully saturated rings. The topological polar surface area (TPSA) is 23.5 Å². The molecule has 0 aromatic heterocycles. The number of β-amino-alcohol motifs (C(OH)–C–C–N with tert-alkyl or cyclic N) is 1. The van der Waals surface area contributed by atoms with Crippen LogP contribution >= 0.6 is 11.8 Å².